The van der Waals surface area contributed by atoms with Crippen molar-refractivity contribution < 1.29 is 34.5 Å². The summed E-state index contributed by atoms with van der Waals surface area (Å²) in [6.45, 7) is 6.04. The minimum atomic E-state index is -1.04. The molecule has 7 heteroatoms. The van der Waals surface area contributed by atoms with Crippen LogP contribution >= 0.6 is 0 Å². The molecule has 7 nitrogen and oxygen atoms in total. The van der Waals surface area contributed by atoms with Crippen LogP contribution in [0.1, 0.15) is 77.4 Å². The van der Waals surface area contributed by atoms with Gasteiger partial charge in [0.15, 0.2) is 11.6 Å². The van der Waals surface area contributed by atoms with Crippen LogP contribution in [-0.2, 0) is 27.8 Å². The Labute approximate surface area is 186 Å². The first-order chi connectivity index (χ1) is 14.9. The van der Waals surface area contributed by atoms with Gasteiger partial charge in [-0.05, 0) is 53.1 Å². The number of carbonyl (C=O) groups excluding carboxylic acids is 2. The minimum absolute atomic E-state index is 0.0448. The number of Topliss-reactive ketones (excluding diaryl/α,β-unsaturated/α-hetero) is 2. The lowest BCUT2D eigenvalue weighted by molar-refractivity contribution is -0.138. The fourth-order valence-corrected chi connectivity index (χ4v) is 3.42. The normalized spacial score (nSPS) is 11.2. The number of phenolic OH excluding ortho intramolecular Hbond substituents is 1. The lowest BCUT2D eigenvalue weighted by Crippen LogP contribution is -2.16. The SMILES string of the molecule is CC(C)(C)c1ccc(C(=O)CC(=O)c2ccc(O)cc2CCC(=O)O)c(CCC(=O)O)c1. The summed E-state index contributed by atoms with van der Waals surface area (Å²) >= 11 is 0. The smallest absolute Gasteiger partial charge is 0.303 e. The minimum Gasteiger partial charge on any atom is -0.508 e. The van der Waals surface area contributed by atoms with Gasteiger partial charge in [-0.1, -0.05) is 39.0 Å². The van der Waals surface area contributed by atoms with E-state index < -0.39 is 29.9 Å². The summed E-state index contributed by atoms with van der Waals surface area (Å²) in [5, 5.41) is 27.7. The van der Waals surface area contributed by atoms with Crippen LogP contribution in [0.5, 0.6) is 5.75 Å². The molecule has 0 aliphatic heterocycles. The van der Waals surface area contributed by atoms with Crippen molar-refractivity contribution in [3.05, 3.63) is 64.2 Å². The molecule has 32 heavy (non-hydrogen) atoms. The third kappa shape index (κ3) is 6.77. The molecule has 0 aliphatic carbocycles. The predicted octanol–water partition coefficient (Wildman–Crippen LogP) is 4.18. The number of carbonyl (C=O) groups is 4. The largest absolute Gasteiger partial charge is 0.508 e. The third-order valence-corrected chi connectivity index (χ3v) is 5.20. The summed E-state index contributed by atoms with van der Waals surface area (Å²) in [6.07, 6.45) is -0.592. The van der Waals surface area contributed by atoms with Gasteiger partial charge in [-0.15, -0.1) is 0 Å². The summed E-state index contributed by atoms with van der Waals surface area (Å²) in [5.41, 5.74) is 2.19. The fourth-order valence-electron chi connectivity index (χ4n) is 3.42. The number of hydrogen-bond donors (Lipinski definition) is 3. The lowest BCUT2D eigenvalue weighted by Gasteiger charge is -2.21. The van der Waals surface area contributed by atoms with E-state index in [2.05, 4.69) is 0 Å². The van der Waals surface area contributed by atoms with Gasteiger partial charge in [0.25, 0.3) is 0 Å². The molecular weight excluding hydrogens is 412 g/mol. The zero-order chi connectivity index (χ0) is 24.1. The molecule has 0 spiro atoms. The van der Waals surface area contributed by atoms with Crippen LogP contribution in [0.2, 0.25) is 0 Å². The second-order valence-electron chi connectivity index (χ2n) is 8.77. The van der Waals surface area contributed by atoms with Crippen molar-refractivity contribution >= 4 is 23.5 Å². The van der Waals surface area contributed by atoms with Gasteiger partial charge >= 0.3 is 11.9 Å². The number of carboxylic acid groups (broad SMARTS) is 2. The number of rotatable bonds is 10. The Kier molecular flexibility index (Phi) is 7.92. The molecule has 0 amide bonds. The molecule has 2 aromatic carbocycles. The zero-order valence-corrected chi connectivity index (χ0v) is 18.5. The van der Waals surface area contributed by atoms with E-state index in [1.807, 2.05) is 26.8 Å². The van der Waals surface area contributed by atoms with Crippen LogP contribution in [0.3, 0.4) is 0 Å². The van der Waals surface area contributed by atoms with Crippen molar-refractivity contribution in [2.24, 2.45) is 0 Å². The summed E-state index contributed by atoms with van der Waals surface area (Å²) in [5.74, 6) is -3.03. The van der Waals surface area contributed by atoms with Gasteiger partial charge in [0, 0.05) is 24.0 Å². The van der Waals surface area contributed by atoms with Crippen LogP contribution < -0.4 is 0 Å². The molecule has 170 valence electrons. The summed E-state index contributed by atoms with van der Waals surface area (Å²) < 4.78 is 0. The topological polar surface area (TPSA) is 129 Å². The highest BCUT2D eigenvalue weighted by Crippen LogP contribution is 2.27. The molecule has 0 saturated heterocycles. The maximum atomic E-state index is 13.0. The maximum absolute atomic E-state index is 13.0. The molecule has 3 N–H and O–H groups in total. The van der Waals surface area contributed by atoms with Crippen LogP contribution in [0.15, 0.2) is 36.4 Å². The van der Waals surface area contributed by atoms with Crippen molar-refractivity contribution in [1.29, 1.82) is 0 Å². The molecule has 0 atom stereocenters. The third-order valence-electron chi connectivity index (χ3n) is 5.20. The van der Waals surface area contributed by atoms with Gasteiger partial charge in [-0.2, -0.15) is 0 Å². The Morgan fingerprint density at radius 2 is 1.22 bits per heavy atom. The van der Waals surface area contributed by atoms with E-state index in [1.165, 1.54) is 18.2 Å². The number of ketones is 2. The number of carboxylic acids is 2. The standard InChI is InChI=1S/C25H28O7/c1-25(2,3)17-6-8-19(15(12-17)4-10-23(29)30)21(27)14-22(28)20-9-7-18(26)13-16(20)5-11-24(31)32/h6-9,12-13,26H,4-5,10-11,14H2,1-3H3,(H,29,30)(H,31,32). The van der Waals surface area contributed by atoms with Crippen LogP contribution in [0.4, 0.5) is 0 Å². The molecular formula is C25H28O7. The highest BCUT2D eigenvalue weighted by Gasteiger charge is 2.22. The number of aliphatic carboxylic acids is 2. The fraction of sp³-hybridized carbons (Fsp3) is 0.360. The number of aryl methyl sites for hydroxylation is 2. The highest BCUT2D eigenvalue weighted by molar-refractivity contribution is 6.14. The highest BCUT2D eigenvalue weighted by atomic mass is 16.4. The van der Waals surface area contributed by atoms with Crippen molar-refractivity contribution in [3.63, 3.8) is 0 Å². The summed E-state index contributed by atoms with van der Waals surface area (Å²) in [6, 6.07) is 9.29. The predicted molar refractivity (Wildman–Crippen MR) is 118 cm³/mol. The molecule has 0 aromatic heterocycles. The van der Waals surface area contributed by atoms with Crippen molar-refractivity contribution in [1.82, 2.24) is 0 Å². The second kappa shape index (κ2) is 10.2. The zero-order valence-electron chi connectivity index (χ0n) is 18.5. The van der Waals surface area contributed by atoms with Crippen molar-refractivity contribution in [3.8, 4) is 5.75 Å². The average Bonchev–Trinajstić information content (AvgIpc) is 2.69. The molecule has 0 aliphatic rings. The van der Waals surface area contributed by atoms with E-state index in [4.69, 9.17) is 10.2 Å². The Hall–Kier alpha value is -3.48. The summed E-state index contributed by atoms with van der Waals surface area (Å²) in [4.78, 5) is 47.8. The lowest BCUT2D eigenvalue weighted by atomic mass is 9.83. The number of benzene rings is 2. The van der Waals surface area contributed by atoms with Gasteiger partial charge in [0.05, 0.1) is 6.42 Å². The summed E-state index contributed by atoms with van der Waals surface area (Å²) in [7, 11) is 0. The molecule has 0 fully saturated rings. The van der Waals surface area contributed by atoms with E-state index in [1.54, 1.807) is 12.1 Å². The van der Waals surface area contributed by atoms with E-state index in [0.717, 1.165) is 5.56 Å². The maximum Gasteiger partial charge on any atom is 0.303 e. The number of aromatic hydroxyl groups is 1. The van der Waals surface area contributed by atoms with Crippen LogP contribution in [0, 0.1) is 0 Å². The van der Waals surface area contributed by atoms with Gasteiger partial charge in [-0.25, -0.2) is 0 Å². The first-order valence-electron chi connectivity index (χ1n) is 10.3. The Bertz CT molecular complexity index is 1040. The van der Waals surface area contributed by atoms with Gasteiger partial charge in [0.1, 0.15) is 5.75 Å². The monoisotopic (exact) mass is 440 g/mol. The molecule has 0 unspecified atom stereocenters. The molecule has 0 heterocycles. The molecule has 0 bridgehead atoms. The first kappa shape index (κ1) is 24.8. The van der Waals surface area contributed by atoms with E-state index >= 15 is 0 Å². The molecule has 2 aromatic rings. The number of phenols is 1. The molecule has 2 rings (SSSR count). The molecule has 0 saturated carbocycles. The quantitative estimate of drug-likeness (QED) is 0.373. The van der Waals surface area contributed by atoms with Crippen LogP contribution in [-0.4, -0.2) is 38.8 Å². The van der Waals surface area contributed by atoms with Crippen LogP contribution in [0.25, 0.3) is 0 Å². The van der Waals surface area contributed by atoms with E-state index in [-0.39, 0.29) is 42.4 Å². The first-order valence-corrected chi connectivity index (χ1v) is 10.3. The Morgan fingerprint density at radius 3 is 1.69 bits per heavy atom. The van der Waals surface area contributed by atoms with Crippen molar-refractivity contribution in [2.75, 3.05) is 0 Å². The van der Waals surface area contributed by atoms with Gasteiger partial charge in [0.2, 0.25) is 0 Å². The van der Waals surface area contributed by atoms with E-state index in [9.17, 15) is 24.3 Å². The Morgan fingerprint density at radius 1 is 0.750 bits per heavy atom. The Balaban J connectivity index is 2.33. The van der Waals surface area contributed by atoms with Crippen molar-refractivity contribution in [2.45, 2.75) is 58.3 Å². The average molecular weight is 440 g/mol. The van der Waals surface area contributed by atoms with Gasteiger partial charge < -0.3 is 15.3 Å². The second-order valence-corrected chi connectivity index (χ2v) is 8.77. The van der Waals surface area contributed by atoms with Gasteiger partial charge in [-0.3, -0.25) is 19.2 Å². The molecule has 0 radical (unpaired) electrons. The number of hydrogen-bond acceptors (Lipinski definition) is 5. The van der Waals surface area contributed by atoms with E-state index in [0.29, 0.717) is 16.7 Å².